The first-order valence-corrected chi connectivity index (χ1v) is 21.0. The van der Waals surface area contributed by atoms with E-state index in [1.165, 1.54) is 90.3 Å². The number of isocyanates is 8. The maximum absolute atomic E-state index is 8.35. The summed E-state index contributed by atoms with van der Waals surface area (Å²) in [7, 11) is 0. The molecule has 9 aromatic rings. The highest BCUT2D eigenvalue weighted by atomic mass is 16.1. The summed E-state index contributed by atoms with van der Waals surface area (Å²) in [4.78, 5) is 66.8. The summed E-state index contributed by atoms with van der Waals surface area (Å²) in [6.45, 7) is 4.46. The SMILES string of the molecule is CCCCCC.N=C=O.N=C=O.N=C=O.N=C=O.N=C=O.N=C=O.N=C=O.N=C=O.c1ccc2cc3cc4ccccc4cc3cc2c1.c1ccc2cc3ccccc3cc2c1.c1ccc2ccccc2c1. The molecule has 0 unspecified atom stereocenters. The Morgan fingerprint density at radius 3 is 0.472 bits per heavy atom. The van der Waals surface area contributed by atoms with Crippen molar-refractivity contribution < 1.29 is 38.4 Å². The van der Waals surface area contributed by atoms with Gasteiger partial charge in [-0.2, -0.15) is 0 Å². The topological polar surface area (TPSA) is 327 Å². The first-order valence-electron chi connectivity index (χ1n) is 21.0. The maximum Gasteiger partial charge on any atom is 0.231 e. The lowest BCUT2D eigenvalue weighted by molar-refractivity contribution is 0.562. The minimum absolute atomic E-state index is 0.750. The van der Waals surface area contributed by atoms with Crippen LogP contribution in [0.4, 0.5) is 0 Å². The van der Waals surface area contributed by atoms with Crippen molar-refractivity contribution in [3.05, 3.63) is 182 Å². The molecule has 0 bridgehead atoms. The molecule has 0 spiro atoms. The van der Waals surface area contributed by atoms with Gasteiger partial charge in [-0.15, -0.1) is 0 Å². The summed E-state index contributed by atoms with van der Waals surface area (Å²) in [5.74, 6) is 0. The second-order valence-corrected chi connectivity index (χ2v) is 13.2. The Hall–Kier alpha value is -10.4. The summed E-state index contributed by atoms with van der Waals surface area (Å²) < 4.78 is 0. The van der Waals surface area contributed by atoms with E-state index in [2.05, 4.69) is 196 Å². The molecular weight excluding hydrogens is 913 g/mol. The van der Waals surface area contributed by atoms with E-state index in [4.69, 9.17) is 81.6 Å². The van der Waals surface area contributed by atoms with E-state index in [9.17, 15) is 0 Å². The van der Waals surface area contributed by atoms with Gasteiger partial charge in [0.2, 0.25) is 48.6 Å². The summed E-state index contributed by atoms with van der Waals surface area (Å²) in [5.41, 5.74) is 0. The van der Waals surface area contributed by atoms with Crippen molar-refractivity contribution in [3.8, 4) is 0 Å². The van der Waals surface area contributed by atoms with Crippen molar-refractivity contribution in [1.29, 1.82) is 43.3 Å². The van der Waals surface area contributed by atoms with Gasteiger partial charge in [-0.3, -0.25) is 0 Å². The van der Waals surface area contributed by atoms with E-state index in [1.807, 2.05) is 0 Å². The van der Waals surface area contributed by atoms with Gasteiger partial charge in [-0.1, -0.05) is 185 Å². The second-order valence-electron chi connectivity index (χ2n) is 13.2. The number of fused-ring (bicyclic) bond motifs is 6. The van der Waals surface area contributed by atoms with E-state index in [0.717, 1.165) is 48.6 Å². The predicted molar refractivity (Wildman–Crippen MR) is 281 cm³/mol. The third-order valence-corrected chi connectivity index (χ3v) is 8.80. The van der Waals surface area contributed by atoms with Gasteiger partial charge in [0.25, 0.3) is 0 Å². The zero-order valence-corrected chi connectivity index (χ0v) is 39.4. The van der Waals surface area contributed by atoms with Crippen LogP contribution in [0.15, 0.2) is 182 Å². The molecule has 0 heterocycles. The zero-order chi connectivity index (χ0) is 54.6. The van der Waals surface area contributed by atoms with Crippen LogP contribution in [0.2, 0.25) is 0 Å². The third-order valence-electron chi connectivity index (χ3n) is 8.80. The highest BCUT2D eigenvalue weighted by Crippen LogP contribution is 2.27. The van der Waals surface area contributed by atoms with E-state index < -0.39 is 0 Å². The summed E-state index contributed by atoms with van der Waals surface area (Å²) in [5, 5.41) is 58.9. The number of unbranched alkanes of at least 4 members (excludes halogenated alkanes) is 3. The molecule has 72 heavy (non-hydrogen) atoms. The minimum atomic E-state index is 0.750. The number of carbonyl (C=O) groups excluding carboxylic acids is 8. The largest absolute Gasteiger partial charge is 0.231 e. The monoisotopic (exact) mass is 964 g/mol. The van der Waals surface area contributed by atoms with Crippen molar-refractivity contribution in [3.63, 3.8) is 0 Å². The molecule has 8 N–H and O–H groups in total. The second kappa shape index (κ2) is 47.1. The molecule has 0 atom stereocenters. The van der Waals surface area contributed by atoms with Gasteiger partial charge in [-0.05, 0) is 101 Å². The van der Waals surface area contributed by atoms with Gasteiger partial charge in [0.05, 0.1) is 0 Å². The van der Waals surface area contributed by atoms with Gasteiger partial charge >= 0.3 is 0 Å². The van der Waals surface area contributed by atoms with Gasteiger partial charge in [0.1, 0.15) is 0 Å². The fraction of sp³-hybridized carbons (Fsp3) is 0.107. The fourth-order valence-corrected chi connectivity index (χ4v) is 6.15. The number of hydrogen-bond acceptors (Lipinski definition) is 16. The molecule has 16 nitrogen and oxygen atoms in total. The van der Waals surface area contributed by atoms with Crippen LogP contribution in [-0.4, -0.2) is 48.6 Å². The molecule has 16 heteroatoms. The van der Waals surface area contributed by atoms with Crippen LogP contribution in [0.5, 0.6) is 0 Å². The van der Waals surface area contributed by atoms with Crippen molar-refractivity contribution in [2.24, 2.45) is 0 Å². The normalized spacial score (nSPS) is 7.97. The van der Waals surface area contributed by atoms with Crippen molar-refractivity contribution in [2.75, 3.05) is 0 Å². The van der Waals surface area contributed by atoms with Crippen LogP contribution in [0.1, 0.15) is 39.5 Å². The smallest absolute Gasteiger partial charge is 0.222 e. The molecular formula is C56H52N8O8. The average Bonchev–Trinajstić information content (AvgIpc) is 3.39. The van der Waals surface area contributed by atoms with Gasteiger partial charge < -0.3 is 0 Å². The summed E-state index contributed by atoms with van der Waals surface area (Å²) in [6, 6.07) is 64.3. The van der Waals surface area contributed by atoms with E-state index in [1.54, 1.807) is 0 Å². The van der Waals surface area contributed by atoms with Gasteiger partial charge in [0, 0.05) is 0 Å². The predicted octanol–water partition coefficient (Wildman–Crippen LogP) is 13.8. The summed E-state index contributed by atoms with van der Waals surface area (Å²) in [6.07, 6.45) is 11.5. The van der Waals surface area contributed by atoms with Crippen LogP contribution >= 0.6 is 0 Å². The van der Waals surface area contributed by atoms with Crippen molar-refractivity contribution in [1.82, 2.24) is 0 Å². The Bertz CT molecular complexity index is 2780. The number of rotatable bonds is 3. The van der Waals surface area contributed by atoms with E-state index >= 15 is 0 Å². The lowest BCUT2D eigenvalue weighted by atomic mass is 10.00. The molecule has 0 fully saturated rings. The van der Waals surface area contributed by atoms with Crippen molar-refractivity contribution in [2.45, 2.75) is 39.5 Å². The minimum Gasteiger partial charge on any atom is -0.222 e. The molecule has 0 saturated carbocycles. The molecule has 364 valence electrons. The zero-order valence-electron chi connectivity index (χ0n) is 39.4. The van der Waals surface area contributed by atoms with Crippen LogP contribution in [0, 0.1) is 43.3 Å². The highest BCUT2D eigenvalue weighted by Gasteiger charge is 2.00. The third kappa shape index (κ3) is 30.0. The average molecular weight is 965 g/mol. The van der Waals surface area contributed by atoms with E-state index in [-0.39, 0.29) is 0 Å². The Labute approximate surface area is 415 Å². The van der Waals surface area contributed by atoms with Gasteiger partial charge in [0.15, 0.2) is 0 Å². The number of nitrogens with one attached hydrogen (secondary N) is 8. The molecule has 0 saturated heterocycles. The fourth-order valence-electron chi connectivity index (χ4n) is 6.15. The molecule has 0 aliphatic heterocycles. The molecule has 9 aromatic carbocycles. The Morgan fingerprint density at radius 1 is 0.236 bits per heavy atom. The van der Waals surface area contributed by atoms with Gasteiger partial charge in [-0.25, -0.2) is 81.6 Å². The lowest BCUT2D eigenvalue weighted by Gasteiger charge is -2.04. The lowest BCUT2D eigenvalue weighted by Crippen LogP contribution is -1.78. The Balaban J connectivity index is -0.000000793. The Kier molecular flexibility index (Phi) is 43.1. The molecule has 0 aliphatic rings. The van der Waals surface area contributed by atoms with E-state index in [0.29, 0.717) is 0 Å². The van der Waals surface area contributed by atoms with Crippen LogP contribution < -0.4 is 0 Å². The van der Waals surface area contributed by atoms with Crippen LogP contribution in [0.3, 0.4) is 0 Å². The number of benzene rings is 9. The standard InChI is InChI=1S/C18H12.C14H10.C10H8.C6H14.8CHNO/c1-2-6-14-10-18-12-16-8-4-3-7-15(16)11-17(18)9-13(14)5-1;1-2-6-12-10-14-8-4-3-7-13(14)9-11(12)5-1;1-2-6-10-8-4-3-7-9(10)5-1;1-3-5-6-4-2;8*2-1-3/h1-12H;1-10H;1-8H;3-6H2,1-2H3;8*2H. The quantitative estimate of drug-likeness (QED) is 0.0363. The van der Waals surface area contributed by atoms with Crippen molar-refractivity contribution >= 4 is 113 Å². The maximum atomic E-state index is 8.35. The molecule has 0 aliphatic carbocycles. The van der Waals surface area contributed by atoms with Crippen LogP contribution in [0.25, 0.3) is 64.6 Å². The van der Waals surface area contributed by atoms with Crippen LogP contribution in [-0.2, 0) is 38.4 Å². The highest BCUT2D eigenvalue weighted by molar-refractivity contribution is 6.04. The number of hydrogen-bond donors (Lipinski definition) is 8. The molecule has 0 aromatic heterocycles. The molecule has 0 amide bonds. The Morgan fingerprint density at radius 2 is 0.347 bits per heavy atom. The summed E-state index contributed by atoms with van der Waals surface area (Å²) >= 11 is 0. The molecule has 0 radical (unpaired) electrons. The first-order chi connectivity index (χ1) is 35.0. The first kappa shape index (κ1) is 65.9. The molecule has 9 rings (SSSR count).